The van der Waals surface area contributed by atoms with Crippen LogP contribution in [0.4, 0.5) is 0 Å². The number of hydrazine groups is 1. The molecular formula is C27H24N2O3S. The number of carbonyl (C=O) groups excluding carboxylic acids is 1. The summed E-state index contributed by atoms with van der Waals surface area (Å²) in [5.41, 5.74) is 2.32. The highest BCUT2D eigenvalue weighted by atomic mass is 32.2. The molecule has 0 radical (unpaired) electrons. The van der Waals surface area contributed by atoms with Crippen LogP contribution in [0.5, 0.6) is 0 Å². The van der Waals surface area contributed by atoms with Gasteiger partial charge >= 0.3 is 0 Å². The van der Waals surface area contributed by atoms with E-state index >= 15 is 0 Å². The number of allylic oxidation sites excluding steroid dienone is 2. The lowest BCUT2D eigenvalue weighted by atomic mass is 9.83. The molecule has 3 aromatic rings. The first-order valence-electron chi connectivity index (χ1n) is 10.9. The highest BCUT2D eigenvalue weighted by Gasteiger charge is 2.54. The Kier molecular flexibility index (Phi) is 5.48. The summed E-state index contributed by atoms with van der Waals surface area (Å²) in [4.78, 5) is 14.0. The van der Waals surface area contributed by atoms with Gasteiger partial charge in [-0.1, -0.05) is 90.5 Å². The first kappa shape index (κ1) is 21.4. The maximum Gasteiger partial charge on any atom is 0.260 e. The van der Waals surface area contributed by atoms with Crippen LogP contribution in [0, 0.1) is 12.8 Å². The number of hydrogen-bond donors (Lipinski definition) is 0. The number of benzene rings is 3. The van der Waals surface area contributed by atoms with Crippen LogP contribution in [0.1, 0.15) is 27.5 Å². The minimum absolute atomic E-state index is 0.0824. The van der Waals surface area contributed by atoms with Crippen LogP contribution in [0.25, 0.3) is 0 Å². The Balaban J connectivity index is 1.70. The van der Waals surface area contributed by atoms with Gasteiger partial charge in [-0.05, 0) is 30.7 Å². The topological polar surface area (TPSA) is 57.7 Å². The second kappa shape index (κ2) is 8.46. The summed E-state index contributed by atoms with van der Waals surface area (Å²) in [6.45, 7) is 1.92. The van der Waals surface area contributed by atoms with Crippen molar-refractivity contribution in [3.05, 3.63) is 126 Å². The molecule has 5 rings (SSSR count). The Morgan fingerprint density at radius 2 is 1.45 bits per heavy atom. The van der Waals surface area contributed by atoms with Crippen LogP contribution in [0.3, 0.4) is 0 Å². The summed E-state index contributed by atoms with van der Waals surface area (Å²) >= 11 is 0. The average molecular weight is 457 g/mol. The molecule has 33 heavy (non-hydrogen) atoms. The molecule has 2 heterocycles. The van der Waals surface area contributed by atoms with Gasteiger partial charge in [0.25, 0.3) is 10.0 Å². The van der Waals surface area contributed by atoms with E-state index in [4.69, 9.17) is 0 Å². The lowest BCUT2D eigenvalue weighted by Crippen LogP contribution is -2.42. The van der Waals surface area contributed by atoms with Crippen molar-refractivity contribution in [1.29, 1.82) is 0 Å². The molecule has 2 aliphatic heterocycles. The Hall–Kier alpha value is -3.48. The number of fused-ring (bicyclic) bond motifs is 1. The molecule has 1 saturated heterocycles. The normalized spacial score (nSPS) is 22.3. The van der Waals surface area contributed by atoms with E-state index < -0.39 is 28.0 Å². The van der Waals surface area contributed by atoms with Gasteiger partial charge in [-0.15, -0.1) is 4.41 Å². The lowest BCUT2D eigenvalue weighted by molar-refractivity contribution is 0.0897. The van der Waals surface area contributed by atoms with Gasteiger partial charge in [0, 0.05) is 11.8 Å². The molecule has 0 spiro atoms. The van der Waals surface area contributed by atoms with Crippen LogP contribution >= 0.6 is 0 Å². The molecule has 1 fully saturated rings. The van der Waals surface area contributed by atoms with E-state index in [1.54, 1.807) is 53.7 Å². The molecule has 3 unspecified atom stereocenters. The van der Waals surface area contributed by atoms with Gasteiger partial charge in [-0.2, -0.15) is 0 Å². The van der Waals surface area contributed by atoms with E-state index in [1.165, 1.54) is 4.41 Å². The van der Waals surface area contributed by atoms with Crippen molar-refractivity contribution < 1.29 is 13.2 Å². The molecule has 6 heteroatoms. The molecule has 0 amide bonds. The third-order valence-electron chi connectivity index (χ3n) is 6.20. The van der Waals surface area contributed by atoms with Crippen LogP contribution in [0.2, 0.25) is 0 Å². The predicted molar refractivity (Wildman–Crippen MR) is 128 cm³/mol. The Morgan fingerprint density at radius 1 is 0.818 bits per heavy atom. The molecule has 166 valence electrons. The summed E-state index contributed by atoms with van der Waals surface area (Å²) < 4.78 is 29.4. The maximum absolute atomic E-state index is 14.0. The number of carbonyl (C=O) groups is 1. The molecule has 3 atom stereocenters. The van der Waals surface area contributed by atoms with Crippen molar-refractivity contribution in [2.24, 2.45) is 5.92 Å². The zero-order chi connectivity index (χ0) is 23.0. The number of hydrogen-bond acceptors (Lipinski definition) is 4. The number of ketones is 1. The molecule has 0 bridgehead atoms. The lowest BCUT2D eigenvalue weighted by Gasteiger charge is -2.33. The van der Waals surface area contributed by atoms with E-state index in [2.05, 4.69) is 0 Å². The SMILES string of the molecule is Cc1ccc(S(=O)(=O)N2C(c3ccccc3)C(C(=O)c3ccccc3)C3C=CC=CN32)cc1. The zero-order valence-corrected chi connectivity index (χ0v) is 19.0. The highest BCUT2D eigenvalue weighted by Crippen LogP contribution is 2.47. The number of aryl methyl sites for hydroxylation is 1. The Bertz CT molecular complexity index is 1320. The smallest absolute Gasteiger partial charge is 0.260 e. The van der Waals surface area contributed by atoms with Crippen molar-refractivity contribution >= 4 is 15.8 Å². The fourth-order valence-corrected chi connectivity index (χ4v) is 6.28. The summed E-state index contributed by atoms with van der Waals surface area (Å²) in [6, 6.07) is 24.2. The van der Waals surface area contributed by atoms with E-state index in [9.17, 15) is 13.2 Å². The van der Waals surface area contributed by atoms with Crippen molar-refractivity contribution in [3.63, 3.8) is 0 Å². The van der Waals surface area contributed by atoms with Gasteiger partial charge in [-0.3, -0.25) is 9.80 Å². The van der Waals surface area contributed by atoms with Gasteiger partial charge in [0.15, 0.2) is 5.78 Å². The Labute approximate surface area is 194 Å². The molecule has 0 N–H and O–H groups in total. The van der Waals surface area contributed by atoms with Crippen molar-refractivity contribution in [1.82, 2.24) is 9.42 Å². The largest absolute Gasteiger partial charge is 0.294 e. The van der Waals surface area contributed by atoms with E-state index in [-0.39, 0.29) is 10.7 Å². The highest BCUT2D eigenvalue weighted by molar-refractivity contribution is 7.89. The van der Waals surface area contributed by atoms with Crippen LogP contribution in [0.15, 0.2) is 114 Å². The van der Waals surface area contributed by atoms with Gasteiger partial charge in [-0.25, -0.2) is 8.42 Å². The summed E-state index contributed by atoms with van der Waals surface area (Å²) in [5, 5.41) is 1.69. The number of nitrogens with zero attached hydrogens (tertiary/aromatic N) is 2. The third-order valence-corrected chi connectivity index (χ3v) is 7.98. The summed E-state index contributed by atoms with van der Waals surface area (Å²) in [7, 11) is -3.95. The van der Waals surface area contributed by atoms with Crippen molar-refractivity contribution in [2.45, 2.75) is 23.9 Å². The third kappa shape index (κ3) is 3.71. The second-order valence-corrected chi connectivity index (χ2v) is 10.1. The first-order valence-corrected chi connectivity index (χ1v) is 12.3. The molecular weight excluding hydrogens is 432 g/mol. The van der Waals surface area contributed by atoms with Crippen LogP contribution < -0.4 is 0 Å². The zero-order valence-electron chi connectivity index (χ0n) is 18.2. The fourth-order valence-electron chi connectivity index (χ4n) is 4.62. The van der Waals surface area contributed by atoms with Crippen molar-refractivity contribution in [2.75, 3.05) is 0 Å². The quantitative estimate of drug-likeness (QED) is 0.512. The van der Waals surface area contributed by atoms with Gasteiger partial charge in [0.05, 0.1) is 22.9 Å². The molecule has 0 aromatic heterocycles. The molecule has 0 saturated carbocycles. The van der Waals surface area contributed by atoms with Crippen LogP contribution in [-0.4, -0.2) is 29.7 Å². The molecule has 3 aromatic carbocycles. The monoisotopic (exact) mass is 456 g/mol. The van der Waals surface area contributed by atoms with E-state index in [0.29, 0.717) is 5.56 Å². The van der Waals surface area contributed by atoms with Gasteiger partial charge in [0.2, 0.25) is 0 Å². The Morgan fingerprint density at radius 3 is 2.12 bits per heavy atom. The average Bonchev–Trinajstić information content (AvgIpc) is 3.21. The number of rotatable bonds is 5. The van der Waals surface area contributed by atoms with Gasteiger partial charge in [0.1, 0.15) is 0 Å². The molecule has 2 aliphatic rings. The minimum Gasteiger partial charge on any atom is -0.294 e. The van der Waals surface area contributed by atoms with Crippen LogP contribution in [-0.2, 0) is 10.0 Å². The van der Waals surface area contributed by atoms with E-state index in [0.717, 1.165) is 11.1 Å². The summed E-state index contributed by atoms with van der Waals surface area (Å²) in [6.07, 6.45) is 7.32. The molecule has 0 aliphatic carbocycles. The molecule has 5 nitrogen and oxygen atoms in total. The second-order valence-electron chi connectivity index (χ2n) is 8.30. The standard InChI is InChI=1S/C27H24N2O3S/c1-20-15-17-23(18-16-20)33(31,32)29-26(21-10-4-2-5-11-21)25(24-14-8-9-19-28(24)29)27(30)22-12-6-3-7-13-22/h2-19,24-26H,1H3. The van der Waals surface area contributed by atoms with Gasteiger partial charge < -0.3 is 0 Å². The minimum atomic E-state index is -3.95. The maximum atomic E-state index is 14.0. The summed E-state index contributed by atoms with van der Waals surface area (Å²) in [5.74, 6) is -0.697. The van der Waals surface area contributed by atoms with E-state index in [1.807, 2.05) is 67.6 Å². The number of sulfonamides is 1. The first-order chi connectivity index (χ1) is 16.0. The van der Waals surface area contributed by atoms with Crippen molar-refractivity contribution in [3.8, 4) is 0 Å². The number of Topliss-reactive ketones (excluding diaryl/α,β-unsaturated/α-hetero) is 1. The predicted octanol–water partition coefficient (Wildman–Crippen LogP) is 4.91. The fraction of sp³-hybridized carbons (Fsp3) is 0.148.